The summed E-state index contributed by atoms with van der Waals surface area (Å²) in [6.45, 7) is 4.53. The number of primary amides is 1. The maximum Gasteiger partial charge on any atom is 0.250 e. The highest BCUT2D eigenvalue weighted by molar-refractivity contribution is 6.00. The summed E-state index contributed by atoms with van der Waals surface area (Å²) in [4.78, 5) is 11.2. The summed E-state index contributed by atoms with van der Waals surface area (Å²) in [5.41, 5.74) is 12.9. The number of amides is 1. The molecule has 4 nitrogen and oxygen atoms in total. The Hall–Kier alpha value is -1.71. The predicted molar refractivity (Wildman–Crippen MR) is 74.3 cm³/mol. The van der Waals surface area contributed by atoms with E-state index in [1.54, 1.807) is 6.07 Å². The fourth-order valence-electron chi connectivity index (χ4n) is 2.67. The molecule has 1 aromatic rings. The van der Waals surface area contributed by atoms with Gasteiger partial charge in [-0.25, -0.2) is 0 Å². The molecule has 0 bridgehead atoms. The Morgan fingerprint density at radius 1 is 1.33 bits per heavy atom. The molecule has 3 atom stereocenters. The molecule has 0 radical (unpaired) electrons. The molecule has 98 valence electrons. The van der Waals surface area contributed by atoms with E-state index >= 15 is 0 Å². The molecule has 18 heavy (non-hydrogen) atoms. The maximum absolute atomic E-state index is 11.2. The number of anilines is 2. The predicted octanol–water partition coefficient (Wildman–Crippen LogP) is 2.21. The van der Waals surface area contributed by atoms with Crippen LogP contribution in [0.3, 0.4) is 0 Å². The second-order valence-electron chi connectivity index (χ2n) is 5.30. The maximum atomic E-state index is 11.2. The van der Waals surface area contributed by atoms with Gasteiger partial charge < -0.3 is 16.8 Å². The highest BCUT2D eigenvalue weighted by Crippen LogP contribution is 2.34. The molecule has 0 aromatic heterocycles. The van der Waals surface area contributed by atoms with Gasteiger partial charge in [-0.05, 0) is 36.8 Å². The summed E-state index contributed by atoms with van der Waals surface area (Å²) in [7, 11) is 0. The molecule has 0 heterocycles. The van der Waals surface area contributed by atoms with Crippen molar-refractivity contribution in [3.63, 3.8) is 0 Å². The standard InChI is InChI=1S/C14H21N3O/c1-8-6-7-11(9(8)2)17-12-5-3-4-10(13(12)15)14(16)18/h3-5,8-9,11,17H,6-7,15H2,1-2H3,(H2,16,18). The molecular formula is C14H21N3O. The lowest BCUT2D eigenvalue weighted by atomic mass is 9.97. The number of carbonyl (C=O) groups excluding carboxylic acids is 1. The molecule has 1 aliphatic rings. The van der Waals surface area contributed by atoms with Crippen LogP contribution < -0.4 is 16.8 Å². The molecule has 0 aliphatic heterocycles. The molecule has 4 heteroatoms. The van der Waals surface area contributed by atoms with E-state index < -0.39 is 5.91 Å². The summed E-state index contributed by atoms with van der Waals surface area (Å²) < 4.78 is 0. The van der Waals surface area contributed by atoms with Crippen molar-refractivity contribution in [2.75, 3.05) is 11.1 Å². The third-order valence-corrected chi connectivity index (χ3v) is 4.18. The number of hydrogen-bond donors (Lipinski definition) is 3. The zero-order valence-corrected chi connectivity index (χ0v) is 10.9. The van der Waals surface area contributed by atoms with Crippen molar-refractivity contribution in [1.82, 2.24) is 0 Å². The van der Waals surface area contributed by atoms with E-state index in [0.717, 1.165) is 18.0 Å². The largest absolute Gasteiger partial charge is 0.396 e. The van der Waals surface area contributed by atoms with Gasteiger partial charge in [0.05, 0.1) is 16.9 Å². The highest BCUT2D eigenvalue weighted by atomic mass is 16.1. The average molecular weight is 247 g/mol. The Bertz CT molecular complexity index is 458. The lowest BCUT2D eigenvalue weighted by Gasteiger charge is -2.22. The first kappa shape index (κ1) is 12.7. The van der Waals surface area contributed by atoms with Crippen LogP contribution in [0.25, 0.3) is 0 Å². The summed E-state index contributed by atoms with van der Waals surface area (Å²) >= 11 is 0. The smallest absolute Gasteiger partial charge is 0.250 e. The molecule has 3 unspecified atom stereocenters. The molecule has 0 spiro atoms. The van der Waals surface area contributed by atoms with Crippen molar-refractivity contribution in [1.29, 1.82) is 0 Å². The number of hydrogen-bond acceptors (Lipinski definition) is 3. The van der Waals surface area contributed by atoms with Crippen LogP contribution in [0.2, 0.25) is 0 Å². The lowest BCUT2D eigenvalue weighted by molar-refractivity contribution is 0.100. The zero-order valence-electron chi connectivity index (χ0n) is 10.9. The van der Waals surface area contributed by atoms with Crippen LogP contribution in [0.4, 0.5) is 11.4 Å². The molecule has 1 amide bonds. The monoisotopic (exact) mass is 247 g/mol. The molecule has 1 aromatic carbocycles. The Balaban J connectivity index is 2.20. The van der Waals surface area contributed by atoms with Crippen molar-refractivity contribution in [2.45, 2.75) is 32.7 Å². The lowest BCUT2D eigenvalue weighted by Crippen LogP contribution is -2.25. The van der Waals surface area contributed by atoms with Gasteiger partial charge in [-0.1, -0.05) is 19.9 Å². The number of nitrogens with two attached hydrogens (primary N) is 2. The minimum Gasteiger partial charge on any atom is -0.396 e. The first-order valence-corrected chi connectivity index (χ1v) is 6.45. The van der Waals surface area contributed by atoms with Crippen LogP contribution in [0, 0.1) is 11.8 Å². The van der Waals surface area contributed by atoms with E-state index in [0.29, 0.717) is 23.2 Å². The number of nitrogens with one attached hydrogen (secondary N) is 1. The molecule has 5 N–H and O–H groups in total. The highest BCUT2D eigenvalue weighted by Gasteiger charge is 2.30. The van der Waals surface area contributed by atoms with Crippen LogP contribution in [-0.4, -0.2) is 11.9 Å². The molecule has 1 fully saturated rings. The van der Waals surface area contributed by atoms with E-state index in [2.05, 4.69) is 19.2 Å². The average Bonchev–Trinajstić information content (AvgIpc) is 2.63. The van der Waals surface area contributed by atoms with Gasteiger partial charge in [-0.2, -0.15) is 0 Å². The Morgan fingerprint density at radius 2 is 2.06 bits per heavy atom. The molecule has 1 aliphatic carbocycles. The van der Waals surface area contributed by atoms with Gasteiger partial charge in [0.2, 0.25) is 0 Å². The molecule has 1 saturated carbocycles. The van der Waals surface area contributed by atoms with E-state index in [-0.39, 0.29) is 0 Å². The number of rotatable bonds is 3. The Labute approximate surface area is 108 Å². The van der Waals surface area contributed by atoms with Gasteiger partial charge >= 0.3 is 0 Å². The number of para-hydroxylation sites is 1. The second-order valence-corrected chi connectivity index (χ2v) is 5.30. The third kappa shape index (κ3) is 2.28. The molecule has 0 saturated heterocycles. The Kier molecular flexibility index (Phi) is 3.45. The van der Waals surface area contributed by atoms with Gasteiger partial charge in [0.25, 0.3) is 5.91 Å². The summed E-state index contributed by atoms with van der Waals surface area (Å²) in [5.74, 6) is 0.855. The topological polar surface area (TPSA) is 81.1 Å². The van der Waals surface area contributed by atoms with Crippen molar-refractivity contribution in [3.8, 4) is 0 Å². The van der Waals surface area contributed by atoms with E-state index in [9.17, 15) is 4.79 Å². The van der Waals surface area contributed by atoms with Crippen LogP contribution in [-0.2, 0) is 0 Å². The minimum absolute atomic E-state index is 0.388. The molecule has 2 rings (SSSR count). The van der Waals surface area contributed by atoms with Crippen molar-refractivity contribution >= 4 is 17.3 Å². The van der Waals surface area contributed by atoms with Crippen LogP contribution in [0.1, 0.15) is 37.0 Å². The summed E-state index contributed by atoms with van der Waals surface area (Å²) in [6.07, 6.45) is 2.37. The normalized spacial score (nSPS) is 27.1. The van der Waals surface area contributed by atoms with E-state index in [1.807, 2.05) is 12.1 Å². The van der Waals surface area contributed by atoms with Gasteiger partial charge in [-0.3, -0.25) is 4.79 Å². The fourth-order valence-corrected chi connectivity index (χ4v) is 2.67. The summed E-state index contributed by atoms with van der Waals surface area (Å²) in [5, 5.41) is 3.45. The van der Waals surface area contributed by atoms with Gasteiger partial charge in [0, 0.05) is 6.04 Å². The van der Waals surface area contributed by atoms with Crippen LogP contribution in [0.5, 0.6) is 0 Å². The van der Waals surface area contributed by atoms with Crippen molar-refractivity contribution < 1.29 is 4.79 Å². The van der Waals surface area contributed by atoms with Crippen molar-refractivity contribution in [3.05, 3.63) is 23.8 Å². The second kappa shape index (κ2) is 4.88. The Morgan fingerprint density at radius 3 is 2.61 bits per heavy atom. The SMILES string of the molecule is CC1CCC(Nc2cccc(C(N)=O)c2N)C1C. The van der Waals surface area contributed by atoms with Gasteiger partial charge in [0.1, 0.15) is 0 Å². The molecular weight excluding hydrogens is 226 g/mol. The van der Waals surface area contributed by atoms with E-state index in [1.165, 1.54) is 6.42 Å². The van der Waals surface area contributed by atoms with Crippen LogP contribution >= 0.6 is 0 Å². The van der Waals surface area contributed by atoms with Gasteiger partial charge in [-0.15, -0.1) is 0 Å². The fraction of sp³-hybridized carbons (Fsp3) is 0.500. The van der Waals surface area contributed by atoms with Crippen molar-refractivity contribution in [2.24, 2.45) is 17.6 Å². The van der Waals surface area contributed by atoms with Gasteiger partial charge in [0.15, 0.2) is 0 Å². The first-order valence-electron chi connectivity index (χ1n) is 6.45. The number of carbonyl (C=O) groups is 1. The van der Waals surface area contributed by atoms with E-state index in [4.69, 9.17) is 11.5 Å². The van der Waals surface area contributed by atoms with Crippen LogP contribution in [0.15, 0.2) is 18.2 Å². The number of nitrogen functional groups attached to an aromatic ring is 1. The minimum atomic E-state index is -0.482. The number of benzene rings is 1. The third-order valence-electron chi connectivity index (χ3n) is 4.18. The zero-order chi connectivity index (χ0) is 13.3. The first-order chi connectivity index (χ1) is 8.50. The quantitative estimate of drug-likeness (QED) is 0.716. The summed E-state index contributed by atoms with van der Waals surface area (Å²) in [6, 6.07) is 5.79.